The first-order valence-electron chi connectivity index (χ1n) is 11.1. The number of methoxy groups -OCH3 is 2. The Hall–Kier alpha value is -3.34. The van der Waals surface area contributed by atoms with Gasteiger partial charge < -0.3 is 24.6 Å². The molecule has 2 heterocycles. The van der Waals surface area contributed by atoms with E-state index in [1.165, 1.54) is 25.6 Å². The van der Waals surface area contributed by atoms with Crippen LogP contribution in [0.4, 0.5) is 11.4 Å². The van der Waals surface area contributed by atoms with Gasteiger partial charge in [0.1, 0.15) is 11.5 Å². The molecule has 1 fully saturated rings. The minimum atomic E-state index is -0.401. The molecule has 36 heavy (non-hydrogen) atoms. The Balaban J connectivity index is 1.34. The Kier molecular flexibility index (Phi) is 8.29. The Morgan fingerprint density at radius 3 is 2.28 bits per heavy atom. The van der Waals surface area contributed by atoms with Gasteiger partial charge in [-0.05, 0) is 54.0 Å². The topological polar surface area (TPSA) is 83.1 Å². The summed E-state index contributed by atoms with van der Waals surface area (Å²) in [5, 5.41) is 8.23. The molecule has 188 valence electrons. The summed E-state index contributed by atoms with van der Waals surface area (Å²) in [6, 6.07) is 14.1. The summed E-state index contributed by atoms with van der Waals surface area (Å²) in [5.41, 5.74) is 1.87. The summed E-state index contributed by atoms with van der Waals surface area (Å²) in [4.78, 5) is 30.0. The quantitative estimate of drug-likeness (QED) is 0.442. The lowest BCUT2D eigenvalue weighted by Gasteiger charge is -2.36. The zero-order chi connectivity index (χ0) is 25.7. The van der Waals surface area contributed by atoms with E-state index >= 15 is 0 Å². The molecule has 0 bridgehead atoms. The molecule has 1 aliphatic heterocycles. The van der Waals surface area contributed by atoms with Crippen molar-refractivity contribution in [2.24, 2.45) is 0 Å². The number of carbonyl (C=O) groups is 2. The zero-order valence-corrected chi connectivity index (χ0v) is 22.1. The highest BCUT2D eigenvalue weighted by Gasteiger charge is 2.24. The van der Waals surface area contributed by atoms with Gasteiger partial charge in [-0.2, -0.15) is 0 Å². The number of halogens is 1. The number of hydrogen-bond acceptors (Lipinski definition) is 7. The maximum absolute atomic E-state index is 12.6. The summed E-state index contributed by atoms with van der Waals surface area (Å²) >= 11 is 13.3. The zero-order valence-electron chi connectivity index (χ0n) is 19.7. The number of thiophene rings is 1. The van der Waals surface area contributed by atoms with Gasteiger partial charge in [0.05, 0.1) is 29.8 Å². The van der Waals surface area contributed by atoms with E-state index in [-0.39, 0.29) is 11.0 Å². The van der Waals surface area contributed by atoms with Gasteiger partial charge in [-0.3, -0.25) is 14.9 Å². The first-order valence-corrected chi connectivity index (χ1v) is 12.8. The number of hydrogen-bond donors (Lipinski definition) is 2. The average Bonchev–Trinajstić information content (AvgIpc) is 3.43. The molecule has 11 heteroatoms. The van der Waals surface area contributed by atoms with Gasteiger partial charge in [-0.15, -0.1) is 11.3 Å². The van der Waals surface area contributed by atoms with Crippen molar-refractivity contribution >= 4 is 63.5 Å². The maximum atomic E-state index is 12.6. The van der Waals surface area contributed by atoms with Gasteiger partial charge in [0.25, 0.3) is 11.8 Å². The van der Waals surface area contributed by atoms with Crippen molar-refractivity contribution < 1.29 is 19.1 Å². The van der Waals surface area contributed by atoms with Gasteiger partial charge in [-0.1, -0.05) is 17.7 Å². The molecular formula is C25H25ClN4O4S2. The number of anilines is 2. The van der Waals surface area contributed by atoms with E-state index in [2.05, 4.69) is 15.5 Å². The van der Waals surface area contributed by atoms with E-state index in [9.17, 15) is 9.59 Å². The van der Waals surface area contributed by atoms with Gasteiger partial charge in [0.15, 0.2) is 5.11 Å². The Morgan fingerprint density at radius 1 is 1.00 bits per heavy atom. The van der Waals surface area contributed by atoms with Crippen LogP contribution in [0.1, 0.15) is 20.0 Å². The summed E-state index contributed by atoms with van der Waals surface area (Å²) in [7, 11) is 3.03. The fourth-order valence-electron chi connectivity index (χ4n) is 3.82. The molecule has 0 saturated carbocycles. The van der Waals surface area contributed by atoms with E-state index < -0.39 is 5.91 Å². The standard InChI is InChI=1S/C25H25ClN4O4S2/c1-33-18-12-16(13-19(15-18)34-2)23(31)28-25(35)27-17-5-6-21(20(26)14-17)29-7-9-30(10-8-29)24(32)22-4-3-11-36-22/h3-6,11-15H,7-10H2,1-2H3,(H2,27,28,31,35). The van der Waals surface area contributed by atoms with Crippen LogP contribution in [-0.2, 0) is 0 Å². The number of carbonyl (C=O) groups excluding carboxylic acids is 2. The molecule has 0 spiro atoms. The van der Waals surface area contributed by atoms with Crippen LogP contribution in [0.3, 0.4) is 0 Å². The normalized spacial score (nSPS) is 13.2. The molecule has 2 N–H and O–H groups in total. The Morgan fingerprint density at radius 2 is 1.69 bits per heavy atom. The molecule has 3 aromatic rings. The predicted octanol–water partition coefficient (Wildman–Crippen LogP) is 4.51. The minimum absolute atomic E-state index is 0.0678. The van der Waals surface area contributed by atoms with Crippen LogP contribution in [-0.4, -0.2) is 62.2 Å². The lowest BCUT2D eigenvalue weighted by Crippen LogP contribution is -2.48. The van der Waals surface area contributed by atoms with E-state index in [1.54, 1.807) is 24.3 Å². The second-order valence-corrected chi connectivity index (χ2v) is 9.70. The number of benzene rings is 2. The van der Waals surface area contributed by atoms with Crippen LogP contribution in [0, 0.1) is 0 Å². The van der Waals surface area contributed by atoms with Crippen LogP contribution < -0.4 is 25.0 Å². The second kappa shape index (κ2) is 11.6. The van der Waals surface area contributed by atoms with Crippen molar-refractivity contribution in [2.75, 3.05) is 50.6 Å². The van der Waals surface area contributed by atoms with Gasteiger partial charge in [-0.25, -0.2) is 0 Å². The SMILES string of the molecule is COc1cc(OC)cc(C(=O)NC(=S)Nc2ccc(N3CCN(C(=O)c4cccs4)CC3)c(Cl)c2)c1. The van der Waals surface area contributed by atoms with E-state index in [0.29, 0.717) is 54.0 Å². The van der Waals surface area contributed by atoms with Crippen molar-refractivity contribution in [1.29, 1.82) is 0 Å². The predicted molar refractivity (Wildman–Crippen MR) is 147 cm³/mol. The molecule has 0 unspecified atom stereocenters. The molecule has 0 aliphatic carbocycles. The molecule has 1 aromatic heterocycles. The molecule has 0 atom stereocenters. The maximum Gasteiger partial charge on any atom is 0.264 e. The summed E-state index contributed by atoms with van der Waals surface area (Å²) in [5.74, 6) is 0.663. The fraction of sp³-hybridized carbons (Fsp3) is 0.240. The third-order valence-corrected chi connectivity index (χ3v) is 7.05. The molecule has 8 nitrogen and oxygen atoms in total. The lowest BCUT2D eigenvalue weighted by molar-refractivity contribution is 0.0751. The number of nitrogens with one attached hydrogen (secondary N) is 2. The highest BCUT2D eigenvalue weighted by atomic mass is 35.5. The first-order chi connectivity index (χ1) is 17.4. The molecule has 2 aromatic carbocycles. The molecule has 4 rings (SSSR count). The van der Waals surface area contributed by atoms with E-state index in [0.717, 1.165) is 10.6 Å². The lowest BCUT2D eigenvalue weighted by atomic mass is 10.2. The molecule has 1 saturated heterocycles. The first kappa shape index (κ1) is 25.7. The molecule has 2 amide bonds. The minimum Gasteiger partial charge on any atom is -0.497 e. The average molecular weight is 545 g/mol. The van der Waals surface area contributed by atoms with Crippen LogP contribution in [0.15, 0.2) is 53.9 Å². The van der Waals surface area contributed by atoms with Crippen molar-refractivity contribution in [1.82, 2.24) is 10.2 Å². The fourth-order valence-corrected chi connectivity index (χ4v) is 5.03. The van der Waals surface area contributed by atoms with Crippen LogP contribution in [0.2, 0.25) is 5.02 Å². The molecular weight excluding hydrogens is 520 g/mol. The summed E-state index contributed by atoms with van der Waals surface area (Å²) < 4.78 is 10.4. The number of rotatable bonds is 6. The highest BCUT2D eigenvalue weighted by Crippen LogP contribution is 2.30. The number of piperazine rings is 1. The highest BCUT2D eigenvalue weighted by molar-refractivity contribution is 7.80. The molecule has 0 radical (unpaired) electrons. The number of ether oxygens (including phenoxy) is 2. The number of thiocarbonyl (C=S) groups is 1. The largest absolute Gasteiger partial charge is 0.497 e. The van der Waals surface area contributed by atoms with Gasteiger partial charge in [0.2, 0.25) is 0 Å². The van der Waals surface area contributed by atoms with Crippen molar-refractivity contribution in [3.63, 3.8) is 0 Å². The summed E-state index contributed by atoms with van der Waals surface area (Å²) in [6.45, 7) is 2.61. The Bertz CT molecular complexity index is 1240. The third kappa shape index (κ3) is 6.07. The van der Waals surface area contributed by atoms with Gasteiger partial charge >= 0.3 is 0 Å². The van der Waals surface area contributed by atoms with Gasteiger partial charge in [0, 0.05) is 43.5 Å². The summed E-state index contributed by atoms with van der Waals surface area (Å²) in [6.07, 6.45) is 0. The van der Waals surface area contributed by atoms with Crippen LogP contribution >= 0.6 is 35.2 Å². The van der Waals surface area contributed by atoms with Crippen molar-refractivity contribution in [2.45, 2.75) is 0 Å². The van der Waals surface area contributed by atoms with E-state index in [4.69, 9.17) is 33.3 Å². The smallest absolute Gasteiger partial charge is 0.264 e. The van der Waals surface area contributed by atoms with Crippen LogP contribution in [0.25, 0.3) is 0 Å². The van der Waals surface area contributed by atoms with Crippen LogP contribution in [0.5, 0.6) is 11.5 Å². The Labute approximate surface area is 223 Å². The number of amides is 2. The third-order valence-electron chi connectivity index (χ3n) is 5.69. The van der Waals surface area contributed by atoms with E-state index in [1.807, 2.05) is 34.5 Å². The van der Waals surface area contributed by atoms with Crippen molar-refractivity contribution in [3.8, 4) is 11.5 Å². The monoisotopic (exact) mass is 544 g/mol. The second-order valence-electron chi connectivity index (χ2n) is 7.93. The van der Waals surface area contributed by atoms with Crippen molar-refractivity contribution in [3.05, 3.63) is 69.4 Å². The molecule has 1 aliphatic rings. The number of nitrogens with zero attached hydrogens (tertiary/aromatic N) is 2.